The zero-order valence-corrected chi connectivity index (χ0v) is 23.7. The fraction of sp³-hybridized carbons (Fsp3) is 0.452. The minimum atomic E-state index is -0.916. The Morgan fingerprint density at radius 1 is 1.18 bits per heavy atom. The van der Waals surface area contributed by atoms with Crippen molar-refractivity contribution >= 4 is 17.6 Å². The number of amides is 2. The number of likely N-dealkylation sites (N-methyl/N-ethyl adjacent to an activating group) is 1. The Morgan fingerprint density at radius 3 is 2.62 bits per heavy atom. The number of anilines is 1. The third kappa shape index (κ3) is 6.75. The van der Waals surface area contributed by atoms with Gasteiger partial charge in [0.05, 0.1) is 12.4 Å². The van der Waals surface area contributed by atoms with Crippen LogP contribution >= 0.6 is 0 Å². The van der Waals surface area contributed by atoms with E-state index < -0.39 is 23.2 Å². The Bertz CT molecular complexity index is 1320. The van der Waals surface area contributed by atoms with Crippen molar-refractivity contribution in [3.8, 4) is 0 Å². The first-order chi connectivity index (χ1) is 19.1. The molecule has 0 spiro atoms. The molecule has 2 aromatic carbocycles. The summed E-state index contributed by atoms with van der Waals surface area (Å²) in [6.07, 6.45) is 6.24. The van der Waals surface area contributed by atoms with Crippen LogP contribution in [0, 0.1) is 11.6 Å². The summed E-state index contributed by atoms with van der Waals surface area (Å²) in [5.41, 5.74) is 1.35. The van der Waals surface area contributed by atoms with E-state index in [1.807, 2.05) is 58.0 Å². The van der Waals surface area contributed by atoms with Gasteiger partial charge in [-0.15, -0.1) is 0 Å². The van der Waals surface area contributed by atoms with Crippen molar-refractivity contribution < 1.29 is 18.4 Å². The molecule has 0 radical (unpaired) electrons. The zero-order chi connectivity index (χ0) is 28.9. The fourth-order valence-electron chi connectivity index (χ4n) is 5.33. The van der Waals surface area contributed by atoms with Crippen LogP contribution in [0.5, 0.6) is 0 Å². The van der Waals surface area contributed by atoms with Crippen molar-refractivity contribution in [2.75, 3.05) is 11.9 Å². The van der Waals surface area contributed by atoms with Crippen LogP contribution in [-0.4, -0.2) is 44.9 Å². The standard InChI is InChI=1S/C31H39F2N5O2/c1-5-10-27(35-24-14-13-22-15-23(32)16-26(33)25(22)17-24)29(39)36-28-19-38(20-34-28)31(3,4)30(40)37(6-2)18-21-11-8-7-9-12-21/h7-9,11-12,15-16,19-20,24,27,35H,5-6,10,13-14,17-18H2,1-4H3,(H,36,39)/t24-,27-/m0/s1. The SMILES string of the molecule is CCC[C@H](N[C@H]1CCc2cc(F)cc(F)c2C1)C(=O)Nc1cn(C(C)(C)C(=O)N(CC)Cc2ccccc2)cn1. The lowest BCUT2D eigenvalue weighted by atomic mass is 9.87. The zero-order valence-electron chi connectivity index (χ0n) is 23.7. The van der Waals surface area contributed by atoms with Crippen LogP contribution < -0.4 is 10.6 Å². The Morgan fingerprint density at radius 2 is 1.93 bits per heavy atom. The molecule has 0 saturated heterocycles. The Kier molecular flexibility index (Phi) is 9.35. The second kappa shape index (κ2) is 12.7. The van der Waals surface area contributed by atoms with E-state index in [0.717, 1.165) is 18.1 Å². The van der Waals surface area contributed by atoms with E-state index in [-0.39, 0.29) is 17.9 Å². The lowest BCUT2D eigenvalue weighted by Crippen LogP contribution is -2.48. The smallest absolute Gasteiger partial charge is 0.248 e. The normalized spacial score (nSPS) is 15.8. The van der Waals surface area contributed by atoms with Crippen LogP contribution in [0.15, 0.2) is 55.0 Å². The number of nitrogens with zero attached hydrogens (tertiary/aromatic N) is 3. The number of carbonyl (C=O) groups excluding carboxylic acids is 2. The molecule has 40 heavy (non-hydrogen) atoms. The summed E-state index contributed by atoms with van der Waals surface area (Å²) in [7, 11) is 0. The third-order valence-electron chi connectivity index (χ3n) is 7.68. The second-order valence-corrected chi connectivity index (χ2v) is 11.0. The lowest BCUT2D eigenvalue weighted by Gasteiger charge is -2.32. The van der Waals surface area contributed by atoms with Gasteiger partial charge in [-0.2, -0.15) is 0 Å². The number of aromatic nitrogens is 2. The molecule has 1 aliphatic carbocycles. The summed E-state index contributed by atoms with van der Waals surface area (Å²) >= 11 is 0. The molecule has 3 aromatic rings. The van der Waals surface area contributed by atoms with Crippen LogP contribution in [0.2, 0.25) is 0 Å². The van der Waals surface area contributed by atoms with Gasteiger partial charge in [-0.05, 0) is 69.2 Å². The summed E-state index contributed by atoms with van der Waals surface area (Å²) in [5.74, 6) is -1.03. The molecule has 2 amide bonds. The monoisotopic (exact) mass is 551 g/mol. The summed E-state index contributed by atoms with van der Waals surface area (Å²) in [4.78, 5) is 32.9. The molecule has 4 rings (SSSR count). The van der Waals surface area contributed by atoms with Crippen molar-refractivity contribution in [1.29, 1.82) is 0 Å². The van der Waals surface area contributed by atoms with Gasteiger partial charge in [0.1, 0.15) is 17.2 Å². The number of rotatable bonds is 11. The first kappa shape index (κ1) is 29.4. The molecule has 0 fully saturated rings. The maximum Gasteiger partial charge on any atom is 0.248 e. The van der Waals surface area contributed by atoms with E-state index in [9.17, 15) is 18.4 Å². The highest BCUT2D eigenvalue weighted by Gasteiger charge is 2.34. The van der Waals surface area contributed by atoms with Gasteiger partial charge >= 0.3 is 0 Å². The summed E-state index contributed by atoms with van der Waals surface area (Å²) in [6, 6.07) is 11.6. The number of hydrogen-bond donors (Lipinski definition) is 2. The molecular formula is C31H39F2N5O2. The Labute approximate surface area is 235 Å². The Hall–Kier alpha value is -3.59. The molecule has 0 unspecified atom stereocenters. The molecular weight excluding hydrogens is 512 g/mol. The number of nitrogens with one attached hydrogen (secondary N) is 2. The maximum absolute atomic E-state index is 14.4. The van der Waals surface area contributed by atoms with Gasteiger partial charge in [-0.1, -0.05) is 43.7 Å². The highest BCUT2D eigenvalue weighted by atomic mass is 19.1. The number of benzene rings is 2. The van der Waals surface area contributed by atoms with Gasteiger partial charge in [0.15, 0.2) is 5.82 Å². The average Bonchev–Trinajstić information content (AvgIpc) is 3.41. The molecule has 214 valence electrons. The predicted molar refractivity (Wildman–Crippen MR) is 152 cm³/mol. The van der Waals surface area contributed by atoms with E-state index in [2.05, 4.69) is 15.6 Å². The summed E-state index contributed by atoms with van der Waals surface area (Å²) < 4.78 is 29.7. The quantitative estimate of drug-likeness (QED) is 0.343. The van der Waals surface area contributed by atoms with Crippen molar-refractivity contribution in [3.63, 3.8) is 0 Å². The van der Waals surface area contributed by atoms with Gasteiger partial charge < -0.3 is 20.1 Å². The number of carbonyl (C=O) groups is 2. The number of halogens is 2. The van der Waals surface area contributed by atoms with Gasteiger partial charge in [0, 0.05) is 31.4 Å². The van der Waals surface area contributed by atoms with Crippen LogP contribution in [0.4, 0.5) is 14.6 Å². The van der Waals surface area contributed by atoms with Crippen LogP contribution in [0.25, 0.3) is 0 Å². The number of fused-ring (bicyclic) bond motifs is 1. The fourth-order valence-corrected chi connectivity index (χ4v) is 5.33. The minimum Gasteiger partial charge on any atom is -0.337 e. The predicted octanol–water partition coefficient (Wildman–Crippen LogP) is 5.20. The molecule has 0 bridgehead atoms. The molecule has 0 aliphatic heterocycles. The maximum atomic E-state index is 14.4. The summed E-state index contributed by atoms with van der Waals surface area (Å²) in [6.45, 7) is 8.69. The van der Waals surface area contributed by atoms with Crippen molar-refractivity contribution in [2.45, 2.75) is 84.0 Å². The first-order valence-electron chi connectivity index (χ1n) is 14.0. The van der Waals surface area contributed by atoms with Crippen molar-refractivity contribution in [2.24, 2.45) is 0 Å². The van der Waals surface area contributed by atoms with Gasteiger partial charge in [-0.25, -0.2) is 13.8 Å². The topological polar surface area (TPSA) is 79.3 Å². The van der Waals surface area contributed by atoms with Crippen LogP contribution in [0.3, 0.4) is 0 Å². The van der Waals surface area contributed by atoms with E-state index in [0.29, 0.717) is 55.7 Å². The Balaban J connectivity index is 1.41. The largest absolute Gasteiger partial charge is 0.337 e. The van der Waals surface area contributed by atoms with E-state index >= 15 is 0 Å². The van der Waals surface area contributed by atoms with Crippen LogP contribution in [0.1, 0.15) is 63.6 Å². The van der Waals surface area contributed by atoms with Crippen LogP contribution in [-0.2, 0) is 34.5 Å². The molecule has 0 saturated carbocycles. The lowest BCUT2D eigenvalue weighted by molar-refractivity contribution is -0.139. The molecule has 7 nitrogen and oxygen atoms in total. The van der Waals surface area contributed by atoms with Gasteiger partial charge in [0.25, 0.3) is 0 Å². The highest BCUT2D eigenvalue weighted by Crippen LogP contribution is 2.26. The first-order valence-corrected chi connectivity index (χ1v) is 14.0. The molecule has 2 atom stereocenters. The van der Waals surface area contributed by atoms with E-state index in [4.69, 9.17) is 0 Å². The molecule has 1 heterocycles. The molecule has 2 N–H and O–H groups in total. The highest BCUT2D eigenvalue weighted by molar-refractivity contribution is 5.94. The molecule has 9 heteroatoms. The van der Waals surface area contributed by atoms with Gasteiger partial charge in [0.2, 0.25) is 11.8 Å². The summed E-state index contributed by atoms with van der Waals surface area (Å²) in [5, 5.41) is 6.28. The number of imidazole rings is 1. The van der Waals surface area contributed by atoms with Crippen molar-refractivity contribution in [3.05, 3.63) is 83.3 Å². The second-order valence-electron chi connectivity index (χ2n) is 11.0. The van der Waals surface area contributed by atoms with E-state index in [1.165, 1.54) is 6.07 Å². The number of aryl methyl sites for hydroxylation is 1. The third-order valence-corrected chi connectivity index (χ3v) is 7.68. The number of hydrogen-bond acceptors (Lipinski definition) is 4. The minimum absolute atomic E-state index is 0.0515. The molecule has 1 aromatic heterocycles. The van der Waals surface area contributed by atoms with E-state index in [1.54, 1.807) is 22.0 Å². The van der Waals surface area contributed by atoms with Gasteiger partial charge in [-0.3, -0.25) is 9.59 Å². The molecule has 1 aliphatic rings. The van der Waals surface area contributed by atoms with Crippen molar-refractivity contribution in [1.82, 2.24) is 19.8 Å². The average molecular weight is 552 g/mol.